The summed E-state index contributed by atoms with van der Waals surface area (Å²) in [5.41, 5.74) is -0.143. The summed E-state index contributed by atoms with van der Waals surface area (Å²) in [6.07, 6.45) is -6.40. The highest BCUT2D eigenvalue weighted by Crippen LogP contribution is 2.40. The number of rotatable bonds is 3. The number of esters is 1. The van der Waals surface area contributed by atoms with Crippen molar-refractivity contribution in [3.63, 3.8) is 0 Å². The Labute approximate surface area is 186 Å². The summed E-state index contributed by atoms with van der Waals surface area (Å²) in [6, 6.07) is 7.94. The molecule has 2 aromatic rings. The van der Waals surface area contributed by atoms with E-state index in [4.69, 9.17) is 26.2 Å². The molecule has 6 nitrogen and oxygen atoms in total. The molecule has 0 fully saturated rings. The van der Waals surface area contributed by atoms with Crippen LogP contribution < -0.4 is 9.88 Å². The molecule has 1 aliphatic rings. The summed E-state index contributed by atoms with van der Waals surface area (Å²) in [6.45, 7) is 1.36. The normalized spacial score (nSPS) is 15.6. The van der Waals surface area contributed by atoms with E-state index in [1.54, 1.807) is 0 Å². The molecule has 168 valence electrons. The second-order valence-electron chi connectivity index (χ2n) is 6.55. The first kappa shape index (κ1) is 23.7. The Bertz CT molecular complexity index is 1260. The Morgan fingerprint density at radius 3 is 2.44 bits per heavy atom. The predicted octanol–water partition coefficient (Wildman–Crippen LogP) is 3.66. The van der Waals surface area contributed by atoms with Crippen molar-refractivity contribution in [3.05, 3.63) is 63.7 Å². The lowest BCUT2D eigenvalue weighted by atomic mass is 9.98. The molecule has 0 bridgehead atoms. The minimum absolute atomic E-state index is 0.0523. The summed E-state index contributed by atoms with van der Waals surface area (Å²) >= 11 is 6.08. The van der Waals surface area contributed by atoms with Gasteiger partial charge in [-0.1, -0.05) is 23.4 Å². The maximum atomic E-state index is 13.6. The molecule has 0 radical (unpaired) electrons. The lowest BCUT2D eigenvalue weighted by molar-refractivity contribution is -0.187. The van der Waals surface area contributed by atoms with E-state index >= 15 is 0 Å². The molecule has 1 aliphatic heterocycles. The number of hydrogen-bond donors (Lipinski definition) is 1. The average Bonchev–Trinajstić information content (AvgIpc) is 2.70. The Balaban J connectivity index is 2.06. The number of primary sulfonamides is 1. The summed E-state index contributed by atoms with van der Waals surface area (Å²) in [5, 5.41) is 5.20. The zero-order valence-corrected chi connectivity index (χ0v) is 17.9. The number of carbonyl (C=O) groups is 1. The second kappa shape index (κ2) is 8.86. The van der Waals surface area contributed by atoms with Gasteiger partial charge >= 0.3 is 12.1 Å². The molecule has 32 heavy (non-hydrogen) atoms. The summed E-state index contributed by atoms with van der Waals surface area (Å²) in [5.74, 6) is 4.04. The molecule has 0 saturated heterocycles. The van der Waals surface area contributed by atoms with E-state index in [-0.39, 0.29) is 33.4 Å². The third-order valence-corrected chi connectivity index (χ3v) is 5.39. The zero-order chi connectivity index (χ0) is 23.7. The van der Waals surface area contributed by atoms with E-state index < -0.39 is 33.8 Å². The highest BCUT2D eigenvalue weighted by molar-refractivity contribution is 7.89. The van der Waals surface area contributed by atoms with Crippen molar-refractivity contribution in [2.75, 3.05) is 6.61 Å². The van der Waals surface area contributed by atoms with Crippen LogP contribution in [0.2, 0.25) is 5.02 Å². The first-order valence-electron chi connectivity index (χ1n) is 9.00. The lowest BCUT2D eigenvalue weighted by Gasteiger charge is -2.28. The van der Waals surface area contributed by atoms with Gasteiger partial charge in [-0.05, 0) is 49.4 Å². The van der Waals surface area contributed by atoms with E-state index in [0.717, 1.165) is 6.08 Å². The quantitative estimate of drug-likeness (QED) is 0.529. The zero-order valence-electron chi connectivity index (χ0n) is 16.4. The van der Waals surface area contributed by atoms with Crippen LogP contribution in [0.1, 0.15) is 23.6 Å². The van der Waals surface area contributed by atoms with Gasteiger partial charge in [0.1, 0.15) is 5.75 Å². The maximum absolute atomic E-state index is 13.6. The first-order chi connectivity index (χ1) is 14.9. The Kier molecular flexibility index (Phi) is 6.55. The fourth-order valence-corrected chi connectivity index (χ4v) is 3.60. The molecule has 0 saturated carbocycles. The van der Waals surface area contributed by atoms with Crippen molar-refractivity contribution >= 4 is 33.7 Å². The standard InChI is InChI=1S/C21H15ClF3NO5S/c1-2-30-20(27)17-11-14-10-15(22)9-13(18(14)31-19(17)21(23,24)25)6-3-12-4-7-16(8-5-12)32(26,28)29/h4-5,7-11,19H,2H2,1H3,(H2,26,28,29). The molecule has 0 spiro atoms. The number of alkyl halides is 3. The number of nitrogens with two attached hydrogens (primary N) is 1. The molecule has 0 aliphatic carbocycles. The molecule has 2 aromatic carbocycles. The van der Waals surface area contributed by atoms with Gasteiger partial charge in [-0.25, -0.2) is 18.4 Å². The largest absolute Gasteiger partial charge is 0.474 e. The van der Waals surface area contributed by atoms with Gasteiger partial charge in [-0.3, -0.25) is 0 Å². The molecule has 11 heteroatoms. The highest BCUT2D eigenvalue weighted by Gasteiger charge is 2.49. The molecule has 3 rings (SSSR count). The number of benzene rings is 2. The van der Waals surface area contributed by atoms with Gasteiger partial charge in [0, 0.05) is 16.1 Å². The Morgan fingerprint density at radius 1 is 1.22 bits per heavy atom. The van der Waals surface area contributed by atoms with Crippen molar-refractivity contribution in [3.8, 4) is 17.6 Å². The SMILES string of the molecule is CCOC(=O)C1=Cc2cc(Cl)cc(C#Cc3ccc(S(N)(=O)=O)cc3)c2OC1C(F)(F)F. The predicted molar refractivity (Wildman–Crippen MR) is 110 cm³/mol. The van der Waals surface area contributed by atoms with Gasteiger partial charge < -0.3 is 9.47 Å². The van der Waals surface area contributed by atoms with Crippen molar-refractivity contribution in [1.82, 2.24) is 0 Å². The van der Waals surface area contributed by atoms with Crippen LogP contribution in [0.5, 0.6) is 5.75 Å². The number of fused-ring (bicyclic) bond motifs is 1. The van der Waals surface area contributed by atoms with Gasteiger partial charge in [-0.2, -0.15) is 13.2 Å². The number of halogens is 4. The van der Waals surface area contributed by atoms with E-state index in [9.17, 15) is 26.4 Å². The fourth-order valence-electron chi connectivity index (χ4n) is 2.86. The van der Waals surface area contributed by atoms with Gasteiger partial charge in [0.15, 0.2) is 0 Å². The average molecular weight is 486 g/mol. The molecule has 2 N–H and O–H groups in total. The molecule has 1 heterocycles. The number of carbonyl (C=O) groups excluding carboxylic acids is 1. The smallest absolute Gasteiger partial charge is 0.430 e. The minimum Gasteiger partial charge on any atom is -0.474 e. The molecule has 1 unspecified atom stereocenters. The summed E-state index contributed by atoms with van der Waals surface area (Å²) < 4.78 is 73.3. The summed E-state index contributed by atoms with van der Waals surface area (Å²) in [4.78, 5) is 11.9. The number of sulfonamides is 1. The lowest BCUT2D eigenvalue weighted by Crippen LogP contribution is -2.41. The van der Waals surface area contributed by atoms with Crippen molar-refractivity contribution in [2.24, 2.45) is 5.14 Å². The van der Waals surface area contributed by atoms with Crippen molar-refractivity contribution in [2.45, 2.75) is 24.1 Å². The third-order valence-electron chi connectivity index (χ3n) is 4.24. The Hall–Kier alpha value is -3.00. The monoisotopic (exact) mass is 485 g/mol. The molecule has 0 amide bonds. The van der Waals surface area contributed by atoms with E-state index in [1.807, 2.05) is 0 Å². The van der Waals surface area contributed by atoms with Crippen LogP contribution in [0.4, 0.5) is 13.2 Å². The van der Waals surface area contributed by atoms with Crippen LogP contribution in [0.25, 0.3) is 6.08 Å². The van der Waals surface area contributed by atoms with Gasteiger partial charge in [-0.15, -0.1) is 0 Å². The van der Waals surface area contributed by atoms with Gasteiger partial charge in [0.25, 0.3) is 0 Å². The van der Waals surface area contributed by atoms with E-state index in [0.29, 0.717) is 5.56 Å². The number of ether oxygens (including phenoxy) is 2. The van der Waals surface area contributed by atoms with E-state index in [2.05, 4.69) is 11.8 Å². The minimum atomic E-state index is -4.88. The van der Waals surface area contributed by atoms with Crippen LogP contribution in [0, 0.1) is 11.8 Å². The van der Waals surface area contributed by atoms with Crippen molar-refractivity contribution < 1.29 is 35.9 Å². The van der Waals surface area contributed by atoms with Crippen molar-refractivity contribution in [1.29, 1.82) is 0 Å². The molecular formula is C21H15ClF3NO5S. The van der Waals surface area contributed by atoms with E-state index in [1.165, 1.54) is 43.3 Å². The van der Waals surface area contributed by atoms with Crippen LogP contribution >= 0.6 is 11.6 Å². The van der Waals surface area contributed by atoms with Crippen LogP contribution in [-0.4, -0.2) is 33.3 Å². The second-order valence-corrected chi connectivity index (χ2v) is 8.55. The summed E-state index contributed by atoms with van der Waals surface area (Å²) in [7, 11) is -3.88. The molecule has 1 atom stereocenters. The molecule has 0 aromatic heterocycles. The third kappa shape index (κ3) is 5.24. The fraction of sp³-hybridized carbons (Fsp3) is 0.190. The Morgan fingerprint density at radius 2 is 1.88 bits per heavy atom. The van der Waals surface area contributed by atoms with Crippen LogP contribution in [0.3, 0.4) is 0 Å². The first-order valence-corrected chi connectivity index (χ1v) is 10.9. The highest BCUT2D eigenvalue weighted by atomic mass is 35.5. The molecular weight excluding hydrogens is 471 g/mol. The van der Waals surface area contributed by atoms with Gasteiger partial charge in [0.2, 0.25) is 16.1 Å². The topological polar surface area (TPSA) is 95.7 Å². The maximum Gasteiger partial charge on any atom is 0.430 e. The number of hydrogen-bond acceptors (Lipinski definition) is 5. The van der Waals surface area contributed by atoms with Crippen LogP contribution in [-0.2, 0) is 19.6 Å². The van der Waals surface area contributed by atoms with Gasteiger partial charge in [0.05, 0.1) is 22.6 Å². The van der Waals surface area contributed by atoms with Crippen LogP contribution in [0.15, 0.2) is 46.9 Å².